The Morgan fingerprint density at radius 3 is 2.16 bits per heavy atom. The van der Waals surface area contributed by atoms with Gasteiger partial charge in [0.1, 0.15) is 5.75 Å². The van der Waals surface area contributed by atoms with Gasteiger partial charge in [-0.05, 0) is 43.0 Å². The van der Waals surface area contributed by atoms with E-state index in [9.17, 15) is 13.2 Å². The zero-order valence-corrected chi connectivity index (χ0v) is 11.5. The van der Waals surface area contributed by atoms with Gasteiger partial charge < -0.3 is 10.1 Å². The standard InChI is InChI=1S/C14H20F3NO/c1-4-13(2,10-18-3)9-11-5-7-12(8-6-11)19-14(15,16)17/h5-8,18H,4,9-10H2,1-3H3. The van der Waals surface area contributed by atoms with Crippen LogP contribution in [0.5, 0.6) is 5.75 Å². The Morgan fingerprint density at radius 2 is 1.74 bits per heavy atom. The number of hydrogen-bond acceptors (Lipinski definition) is 2. The first-order chi connectivity index (χ1) is 8.78. The van der Waals surface area contributed by atoms with Gasteiger partial charge in [-0.1, -0.05) is 26.0 Å². The molecule has 0 spiro atoms. The SMILES string of the molecule is CCC(C)(CNC)Cc1ccc(OC(F)(F)F)cc1. The van der Waals surface area contributed by atoms with Crippen molar-refractivity contribution in [3.8, 4) is 5.75 Å². The lowest BCUT2D eigenvalue weighted by atomic mass is 9.81. The quantitative estimate of drug-likeness (QED) is 0.853. The molecule has 0 heterocycles. The lowest BCUT2D eigenvalue weighted by Gasteiger charge is -2.28. The van der Waals surface area contributed by atoms with Crippen LogP contribution in [0.25, 0.3) is 0 Å². The maximum absolute atomic E-state index is 12.0. The highest BCUT2D eigenvalue weighted by Crippen LogP contribution is 2.28. The average Bonchev–Trinajstić information content (AvgIpc) is 2.30. The predicted molar refractivity (Wildman–Crippen MR) is 69.2 cm³/mol. The molecule has 1 atom stereocenters. The molecule has 2 nitrogen and oxygen atoms in total. The Kier molecular flexibility index (Phi) is 5.23. The number of nitrogens with one attached hydrogen (secondary N) is 1. The summed E-state index contributed by atoms with van der Waals surface area (Å²) < 4.78 is 40.0. The molecule has 0 aromatic heterocycles. The van der Waals surface area contributed by atoms with E-state index in [0.29, 0.717) is 0 Å². The summed E-state index contributed by atoms with van der Waals surface area (Å²) >= 11 is 0. The van der Waals surface area contributed by atoms with Crippen molar-refractivity contribution in [2.75, 3.05) is 13.6 Å². The molecule has 0 radical (unpaired) electrons. The highest BCUT2D eigenvalue weighted by molar-refractivity contribution is 5.28. The third-order valence-electron chi connectivity index (χ3n) is 3.24. The van der Waals surface area contributed by atoms with Crippen LogP contribution in [0.2, 0.25) is 0 Å². The van der Waals surface area contributed by atoms with E-state index in [1.807, 2.05) is 7.05 Å². The molecule has 19 heavy (non-hydrogen) atoms. The van der Waals surface area contributed by atoms with Crippen molar-refractivity contribution in [1.29, 1.82) is 0 Å². The summed E-state index contributed by atoms with van der Waals surface area (Å²) in [6.07, 6.45) is -2.82. The van der Waals surface area contributed by atoms with Crippen molar-refractivity contribution in [1.82, 2.24) is 5.32 Å². The Morgan fingerprint density at radius 1 is 1.16 bits per heavy atom. The number of ether oxygens (including phenoxy) is 1. The Balaban J connectivity index is 2.71. The van der Waals surface area contributed by atoms with E-state index in [1.165, 1.54) is 12.1 Å². The van der Waals surface area contributed by atoms with Gasteiger partial charge in [-0.3, -0.25) is 0 Å². The summed E-state index contributed by atoms with van der Waals surface area (Å²) in [5.74, 6) is -0.178. The largest absolute Gasteiger partial charge is 0.573 e. The minimum absolute atomic E-state index is 0.0984. The second kappa shape index (κ2) is 6.28. The van der Waals surface area contributed by atoms with Crippen LogP contribution < -0.4 is 10.1 Å². The first-order valence-electron chi connectivity index (χ1n) is 6.27. The van der Waals surface area contributed by atoms with Crippen LogP contribution in [-0.4, -0.2) is 20.0 Å². The van der Waals surface area contributed by atoms with Crippen LogP contribution in [0.3, 0.4) is 0 Å². The van der Waals surface area contributed by atoms with Crippen LogP contribution in [0.15, 0.2) is 24.3 Å². The minimum atomic E-state index is -4.63. The van der Waals surface area contributed by atoms with Crippen molar-refractivity contribution in [2.45, 2.75) is 33.1 Å². The molecule has 0 amide bonds. The van der Waals surface area contributed by atoms with E-state index in [0.717, 1.165) is 24.9 Å². The van der Waals surface area contributed by atoms with Gasteiger partial charge in [-0.2, -0.15) is 0 Å². The van der Waals surface area contributed by atoms with Crippen LogP contribution >= 0.6 is 0 Å². The monoisotopic (exact) mass is 275 g/mol. The molecule has 0 aliphatic rings. The fourth-order valence-electron chi connectivity index (χ4n) is 2.04. The molecule has 0 bridgehead atoms. The molecule has 1 N–H and O–H groups in total. The van der Waals surface area contributed by atoms with Gasteiger partial charge in [0.2, 0.25) is 0 Å². The molecule has 108 valence electrons. The van der Waals surface area contributed by atoms with Gasteiger partial charge >= 0.3 is 6.36 Å². The molecule has 0 aliphatic heterocycles. The topological polar surface area (TPSA) is 21.3 Å². The molecule has 1 unspecified atom stereocenters. The molecule has 1 aromatic carbocycles. The molecule has 1 aromatic rings. The first-order valence-corrected chi connectivity index (χ1v) is 6.27. The van der Waals surface area contributed by atoms with Crippen molar-refractivity contribution in [3.05, 3.63) is 29.8 Å². The number of halogens is 3. The van der Waals surface area contributed by atoms with E-state index in [-0.39, 0.29) is 11.2 Å². The fourth-order valence-corrected chi connectivity index (χ4v) is 2.04. The van der Waals surface area contributed by atoms with Gasteiger partial charge in [0, 0.05) is 6.54 Å². The third-order valence-corrected chi connectivity index (χ3v) is 3.24. The van der Waals surface area contributed by atoms with Gasteiger partial charge in [0.25, 0.3) is 0 Å². The van der Waals surface area contributed by atoms with Crippen LogP contribution in [0, 0.1) is 5.41 Å². The molecular weight excluding hydrogens is 255 g/mol. The lowest BCUT2D eigenvalue weighted by molar-refractivity contribution is -0.274. The molecule has 0 fully saturated rings. The van der Waals surface area contributed by atoms with E-state index >= 15 is 0 Å². The van der Waals surface area contributed by atoms with E-state index in [2.05, 4.69) is 23.9 Å². The molecular formula is C14H20F3NO. The van der Waals surface area contributed by atoms with E-state index in [1.54, 1.807) is 12.1 Å². The van der Waals surface area contributed by atoms with Crippen molar-refractivity contribution < 1.29 is 17.9 Å². The summed E-state index contributed by atoms with van der Waals surface area (Å²) in [5, 5.41) is 3.15. The third kappa shape index (κ3) is 5.51. The molecule has 1 rings (SSSR count). The number of rotatable bonds is 6. The summed E-state index contributed by atoms with van der Waals surface area (Å²) in [5.41, 5.74) is 1.11. The van der Waals surface area contributed by atoms with Gasteiger partial charge in [0.05, 0.1) is 0 Å². The average molecular weight is 275 g/mol. The highest BCUT2D eigenvalue weighted by Gasteiger charge is 2.31. The molecule has 0 saturated carbocycles. The van der Waals surface area contributed by atoms with Gasteiger partial charge in [-0.15, -0.1) is 13.2 Å². The van der Waals surface area contributed by atoms with Crippen molar-refractivity contribution in [3.63, 3.8) is 0 Å². The van der Waals surface area contributed by atoms with Gasteiger partial charge in [-0.25, -0.2) is 0 Å². The zero-order valence-electron chi connectivity index (χ0n) is 11.5. The predicted octanol–water partition coefficient (Wildman–Crippen LogP) is 3.76. The second-order valence-corrected chi connectivity index (χ2v) is 5.06. The lowest BCUT2D eigenvalue weighted by Crippen LogP contribution is -2.31. The van der Waals surface area contributed by atoms with E-state index < -0.39 is 6.36 Å². The van der Waals surface area contributed by atoms with Crippen molar-refractivity contribution in [2.24, 2.45) is 5.41 Å². The molecule has 0 saturated heterocycles. The summed E-state index contributed by atoms with van der Waals surface area (Å²) in [6, 6.07) is 6.09. The first kappa shape index (κ1) is 15.8. The van der Waals surface area contributed by atoms with Crippen LogP contribution in [-0.2, 0) is 6.42 Å². The minimum Gasteiger partial charge on any atom is -0.406 e. The van der Waals surface area contributed by atoms with Crippen molar-refractivity contribution >= 4 is 0 Å². The number of hydrogen-bond donors (Lipinski definition) is 1. The molecule has 5 heteroatoms. The Hall–Kier alpha value is -1.23. The van der Waals surface area contributed by atoms with Gasteiger partial charge in [0.15, 0.2) is 0 Å². The summed E-state index contributed by atoms with van der Waals surface area (Å²) in [6.45, 7) is 5.13. The Labute approximate surface area is 112 Å². The maximum atomic E-state index is 12.0. The zero-order chi connectivity index (χ0) is 14.5. The summed E-state index contributed by atoms with van der Waals surface area (Å²) in [7, 11) is 1.90. The highest BCUT2D eigenvalue weighted by atomic mass is 19.4. The number of benzene rings is 1. The normalized spacial score (nSPS) is 15.1. The Bertz CT molecular complexity index is 389. The molecule has 0 aliphatic carbocycles. The van der Waals surface area contributed by atoms with Crippen LogP contribution in [0.1, 0.15) is 25.8 Å². The second-order valence-electron chi connectivity index (χ2n) is 5.06. The number of alkyl halides is 3. The van der Waals surface area contributed by atoms with E-state index in [4.69, 9.17) is 0 Å². The maximum Gasteiger partial charge on any atom is 0.573 e. The summed E-state index contributed by atoms with van der Waals surface area (Å²) in [4.78, 5) is 0. The fraction of sp³-hybridized carbons (Fsp3) is 0.571. The van der Waals surface area contributed by atoms with Crippen LogP contribution in [0.4, 0.5) is 13.2 Å². The smallest absolute Gasteiger partial charge is 0.406 e.